The second kappa shape index (κ2) is 4.53. The first-order valence-electron chi connectivity index (χ1n) is 5.67. The summed E-state index contributed by atoms with van der Waals surface area (Å²) in [7, 11) is 0. The number of rotatable bonds is 3. The molecular weight excluding hydrogens is 242 g/mol. The van der Waals surface area contributed by atoms with Gasteiger partial charge in [0.1, 0.15) is 11.2 Å². The van der Waals surface area contributed by atoms with Crippen LogP contribution in [0.5, 0.6) is 0 Å². The van der Waals surface area contributed by atoms with Crippen LogP contribution >= 0.6 is 0 Å². The van der Waals surface area contributed by atoms with Crippen molar-refractivity contribution < 1.29 is 4.79 Å². The first-order valence-corrected chi connectivity index (χ1v) is 5.67. The highest BCUT2D eigenvalue weighted by molar-refractivity contribution is 5.91. The summed E-state index contributed by atoms with van der Waals surface area (Å²) in [5.74, 6) is -0.577. The normalized spacial score (nSPS) is 11.0. The average Bonchev–Trinajstić information content (AvgIpc) is 2.89. The Morgan fingerprint density at radius 1 is 1.47 bits per heavy atom. The van der Waals surface area contributed by atoms with Crippen LogP contribution in [-0.4, -0.2) is 20.7 Å². The highest BCUT2D eigenvalue weighted by Crippen LogP contribution is 2.20. The van der Waals surface area contributed by atoms with Gasteiger partial charge in [-0.15, -0.1) is 0 Å². The molecule has 96 valence electrons. The predicted molar refractivity (Wildman–Crippen MR) is 68.9 cm³/mol. The summed E-state index contributed by atoms with van der Waals surface area (Å²) in [5.41, 5.74) is 5.98. The van der Waals surface area contributed by atoms with E-state index in [1.165, 1.54) is 0 Å². The van der Waals surface area contributed by atoms with Gasteiger partial charge in [-0.2, -0.15) is 10.4 Å². The zero-order chi connectivity index (χ0) is 14.0. The molecular formula is C13H13N5O. The maximum absolute atomic E-state index is 11.1. The van der Waals surface area contributed by atoms with Gasteiger partial charge < -0.3 is 5.73 Å². The van der Waals surface area contributed by atoms with Crippen molar-refractivity contribution in [1.82, 2.24) is 14.8 Å². The van der Waals surface area contributed by atoms with E-state index in [0.717, 1.165) is 5.56 Å². The maximum Gasteiger partial charge on any atom is 0.267 e. The molecule has 2 N–H and O–H groups in total. The van der Waals surface area contributed by atoms with Gasteiger partial charge in [-0.1, -0.05) is 6.07 Å². The molecule has 0 saturated carbocycles. The molecule has 2 heterocycles. The van der Waals surface area contributed by atoms with E-state index >= 15 is 0 Å². The van der Waals surface area contributed by atoms with Crippen LogP contribution in [0.15, 0.2) is 30.6 Å². The highest BCUT2D eigenvalue weighted by atomic mass is 16.1. The number of hydrogen-bond donors (Lipinski definition) is 1. The Bertz CT molecular complexity index is 666. The van der Waals surface area contributed by atoms with Crippen molar-refractivity contribution in [2.24, 2.45) is 5.73 Å². The van der Waals surface area contributed by atoms with Gasteiger partial charge in [-0.25, -0.2) is 4.98 Å². The first-order chi connectivity index (χ1) is 8.94. The van der Waals surface area contributed by atoms with E-state index in [4.69, 9.17) is 11.0 Å². The molecule has 6 heteroatoms. The van der Waals surface area contributed by atoms with Crippen LogP contribution in [-0.2, 0) is 5.54 Å². The molecule has 0 aliphatic carbocycles. The van der Waals surface area contributed by atoms with Gasteiger partial charge in [0.2, 0.25) is 0 Å². The Balaban J connectivity index is 2.42. The monoisotopic (exact) mass is 255 g/mol. The Kier molecular flexibility index (Phi) is 3.05. The Morgan fingerprint density at radius 2 is 2.21 bits per heavy atom. The highest BCUT2D eigenvalue weighted by Gasteiger charge is 2.20. The number of nitrogens with zero attached hydrogens (tertiary/aromatic N) is 4. The summed E-state index contributed by atoms with van der Waals surface area (Å²) in [6, 6.07) is 7.17. The van der Waals surface area contributed by atoms with Crippen molar-refractivity contribution in [3.63, 3.8) is 0 Å². The molecule has 0 aromatic carbocycles. The molecule has 19 heavy (non-hydrogen) atoms. The van der Waals surface area contributed by atoms with E-state index in [2.05, 4.69) is 16.2 Å². The average molecular weight is 255 g/mol. The molecule has 0 fully saturated rings. The van der Waals surface area contributed by atoms with E-state index in [-0.39, 0.29) is 5.69 Å². The van der Waals surface area contributed by atoms with Crippen LogP contribution < -0.4 is 5.73 Å². The van der Waals surface area contributed by atoms with Gasteiger partial charge in [-0.3, -0.25) is 9.48 Å². The largest absolute Gasteiger partial charge is 0.364 e. The molecule has 0 aliphatic heterocycles. The SMILES string of the molecule is CC(C)(C#N)n1cc(-c2cccc(C(N)=O)n2)cn1. The van der Waals surface area contributed by atoms with Crippen molar-refractivity contribution in [3.8, 4) is 17.3 Å². The molecule has 0 atom stereocenters. The van der Waals surface area contributed by atoms with E-state index in [1.807, 2.05) is 0 Å². The minimum absolute atomic E-state index is 0.199. The number of hydrogen-bond acceptors (Lipinski definition) is 4. The van der Waals surface area contributed by atoms with Crippen molar-refractivity contribution in [2.75, 3.05) is 0 Å². The molecule has 2 rings (SSSR count). The topological polar surface area (TPSA) is 97.6 Å². The number of aromatic nitrogens is 3. The van der Waals surface area contributed by atoms with Gasteiger partial charge in [0, 0.05) is 11.8 Å². The van der Waals surface area contributed by atoms with Gasteiger partial charge in [0.15, 0.2) is 0 Å². The molecule has 0 bridgehead atoms. The second-order valence-electron chi connectivity index (χ2n) is 4.62. The molecule has 1 amide bonds. The van der Waals surface area contributed by atoms with E-state index in [0.29, 0.717) is 5.69 Å². The van der Waals surface area contributed by atoms with E-state index < -0.39 is 11.4 Å². The molecule has 0 aliphatic rings. The first kappa shape index (κ1) is 12.8. The summed E-state index contributed by atoms with van der Waals surface area (Å²) in [5, 5.41) is 13.2. The smallest absolute Gasteiger partial charge is 0.267 e. The summed E-state index contributed by atoms with van der Waals surface area (Å²) >= 11 is 0. The molecule has 2 aromatic heterocycles. The summed E-state index contributed by atoms with van der Waals surface area (Å²) in [6.45, 7) is 3.52. The molecule has 0 spiro atoms. The predicted octanol–water partition coefficient (Wildman–Crippen LogP) is 1.30. The van der Waals surface area contributed by atoms with Crippen LogP contribution in [0, 0.1) is 11.3 Å². The molecule has 0 saturated heterocycles. The lowest BCUT2D eigenvalue weighted by atomic mass is 10.1. The third-order valence-electron chi connectivity index (χ3n) is 2.73. The molecule has 0 radical (unpaired) electrons. The number of nitrogens with two attached hydrogens (primary N) is 1. The number of amides is 1. The Morgan fingerprint density at radius 3 is 2.84 bits per heavy atom. The van der Waals surface area contributed by atoms with Crippen molar-refractivity contribution in [1.29, 1.82) is 5.26 Å². The Hall–Kier alpha value is -2.68. The minimum Gasteiger partial charge on any atom is -0.364 e. The van der Waals surface area contributed by atoms with Gasteiger partial charge in [0.25, 0.3) is 5.91 Å². The van der Waals surface area contributed by atoms with Crippen LogP contribution in [0.4, 0.5) is 0 Å². The van der Waals surface area contributed by atoms with Crippen molar-refractivity contribution >= 4 is 5.91 Å². The fourth-order valence-electron chi connectivity index (χ4n) is 1.54. The number of primary amides is 1. The Labute approximate surface area is 110 Å². The van der Waals surface area contributed by atoms with Crippen molar-refractivity contribution in [3.05, 3.63) is 36.3 Å². The van der Waals surface area contributed by atoms with Gasteiger partial charge in [0.05, 0.1) is 18.0 Å². The third kappa shape index (κ3) is 2.45. The fraction of sp³-hybridized carbons (Fsp3) is 0.231. The van der Waals surface area contributed by atoms with Crippen LogP contribution in [0.2, 0.25) is 0 Å². The van der Waals surface area contributed by atoms with E-state index in [9.17, 15) is 4.79 Å². The molecule has 6 nitrogen and oxygen atoms in total. The number of pyridine rings is 1. The minimum atomic E-state index is -0.737. The summed E-state index contributed by atoms with van der Waals surface area (Å²) in [6.07, 6.45) is 3.32. The lowest BCUT2D eigenvalue weighted by Crippen LogP contribution is -2.24. The lowest BCUT2D eigenvalue weighted by molar-refractivity contribution is 0.0995. The van der Waals surface area contributed by atoms with Crippen LogP contribution in [0.3, 0.4) is 0 Å². The number of carbonyl (C=O) groups excluding carboxylic acids is 1. The van der Waals surface area contributed by atoms with Gasteiger partial charge in [-0.05, 0) is 26.0 Å². The fourth-order valence-corrected chi connectivity index (χ4v) is 1.54. The van der Waals surface area contributed by atoms with Crippen molar-refractivity contribution in [2.45, 2.75) is 19.4 Å². The van der Waals surface area contributed by atoms with E-state index in [1.54, 1.807) is 49.1 Å². The summed E-state index contributed by atoms with van der Waals surface area (Å²) in [4.78, 5) is 15.2. The van der Waals surface area contributed by atoms with Crippen LogP contribution in [0.25, 0.3) is 11.3 Å². The standard InChI is InChI=1S/C13H13N5O/c1-13(2,8-14)18-7-9(6-16-18)10-4-3-5-11(17-10)12(15)19/h3-7H,1-2H3,(H2,15,19). The van der Waals surface area contributed by atoms with Crippen LogP contribution in [0.1, 0.15) is 24.3 Å². The maximum atomic E-state index is 11.1. The molecule has 0 unspecified atom stereocenters. The third-order valence-corrected chi connectivity index (χ3v) is 2.73. The quantitative estimate of drug-likeness (QED) is 0.893. The number of nitriles is 1. The second-order valence-corrected chi connectivity index (χ2v) is 4.62. The summed E-state index contributed by atoms with van der Waals surface area (Å²) < 4.78 is 1.56. The van der Waals surface area contributed by atoms with Gasteiger partial charge >= 0.3 is 0 Å². The zero-order valence-corrected chi connectivity index (χ0v) is 10.7. The number of carbonyl (C=O) groups is 1. The zero-order valence-electron chi connectivity index (χ0n) is 10.7. The molecule has 2 aromatic rings. The lowest BCUT2D eigenvalue weighted by Gasteiger charge is -2.15.